The molecule has 2 atom stereocenters. The lowest BCUT2D eigenvalue weighted by Gasteiger charge is -2.41. The van der Waals surface area contributed by atoms with Crippen molar-refractivity contribution in [2.75, 3.05) is 18.8 Å². The summed E-state index contributed by atoms with van der Waals surface area (Å²) in [5, 5.41) is 10.2. The minimum Gasteiger partial charge on any atom is -0.465 e. The van der Waals surface area contributed by atoms with E-state index in [2.05, 4.69) is 4.37 Å². The van der Waals surface area contributed by atoms with E-state index in [1.807, 2.05) is 45.0 Å². The first-order valence-corrected chi connectivity index (χ1v) is 11.5. The minimum atomic E-state index is -0.942. The molecule has 2 aliphatic heterocycles. The zero-order valence-corrected chi connectivity index (χ0v) is 18.7. The molecular weight excluding hydrogens is 420 g/mol. The van der Waals surface area contributed by atoms with Crippen LogP contribution in [0.3, 0.4) is 0 Å². The molecule has 0 spiro atoms. The van der Waals surface area contributed by atoms with Gasteiger partial charge in [0, 0.05) is 35.5 Å². The Bertz CT molecular complexity index is 972. The summed E-state index contributed by atoms with van der Waals surface area (Å²) in [5.41, 5.74) is -0.602. The Balaban J connectivity index is 1.80. The number of likely N-dealkylation sites (tertiary alicyclic amines) is 1. The number of thioether (sulfide) groups is 1. The van der Waals surface area contributed by atoms with Crippen molar-refractivity contribution >= 4 is 40.5 Å². The van der Waals surface area contributed by atoms with Crippen molar-refractivity contribution in [3.8, 4) is 0 Å². The van der Waals surface area contributed by atoms with Gasteiger partial charge in [-0.25, -0.2) is 14.2 Å². The fourth-order valence-electron chi connectivity index (χ4n) is 4.02. The number of carboxylic acid groups (broad SMARTS) is 1. The predicted molar refractivity (Wildman–Crippen MR) is 119 cm³/mol. The maximum atomic E-state index is 13.5. The van der Waals surface area contributed by atoms with Gasteiger partial charge in [-0.15, -0.1) is 0 Å². The van der Waals surface area contributed by atoms with Crippen LogP contribution in [0.15, 0.2) is 47.6 Å². The highest BCUT2D eigenvalue weighted by Crippen LogP contribution is 2.48. The van der Waals surface area contributed by atoms with Gasteiger partial charge in [0.1, 0.15) is 5.54 Å². The highest BCUT2D eigenvalue weighted by Gasteiger charge is 2.53. The third kappa shape index (κ3) is 3.60. The van der Waals surface area contributed by atoms with Gasteiger partial charge in [-0.2, -0.15) is 0 Å². The number of rotatable bonds is 2. The molecule has 2 amide bonds. The van der Waals surface area contributed by atoms with E-state index >= 15 is 0 Å². The van der Waals surface area contributed by atoms with E-state index in [1.54, 1.807) is 23.2 Å². The summed E-state index contributed by atoms with van der Waals surface area (Å²) in [4.78, 5) is 34.4. The summed E-state index contributed by atoms with van der Waals surface area (Å²) in [6.07, 6.45) is 0.783. The lowest BCUT2D eigenvalue weighted by molar-refractivity contribution is 0.0751. The summed E-state index contributed by atoms with van der Waals surface area (Å²) in [5.74, 6) is 0.617. The Kier molecular flexibility index (Phi) is 5.36. The van der Waals surface area contributed by atoms with Crippen molar-refractivity contribution in [2.45, 2.75) is 31.8 Å². The quantitative estimate of drug-likeness (QED) is 0.757. The van der Waals surface area contributed by atoms with Crippen LogP contribution in [-0.2, 0) is 5.54 Å². The summed E-state index contributed by atoms with van der Waals surface area (Å²) < 4.78 is 4.24. The second-order valence-corrected chi connectivity index (χ2v) is 10.4. The van der Waals surface area contributed by atoms with E-state index in [0.29, 0.717) is 23.0 Å². The van der Waals surface area contributed by atoms with Crippen LogP contribution in [0.1, 0.15) is 36.0 Å². The van der Waals surface area contributed by atoms with Gasteiger partial charge in [0.05, 0.1) is 11.4 Å². The van der Waals surface area contributed by atoms with E-state index < -0.39 is 17.2 Å². The van der Waals surface area contributed by atoms with Crippen molar-refractivity contribution in [1.82, 2.24) is 14.2 Å². The molecule has 1 N–H and O–H groups in total. The summed E-state index contributed by atoms with van der Waals surface area (Å²) in [7, 11) is 0. The first-order chi connectivity index (χ1) is 14.2. The zero-order valence-electron chi connectivity index (χ0n) is 17.1. The molecule has 9 heteroatoms. The smallest absolute Gasteiger partial charge is 0.407 e. The number of carbonyl (C=O) groups excluding carboxylic acids is 1. The van der Waals surface area contributed by atoms with E-state index in [4.69, 9.17) is 4.99 Å². The highest BCUT2D eigenvalue weighted by molar-refractivity contribution is 8.13. The average molecular weight is 445 g/mol. The molecule has 4 rings (SSSR count). The van der Waals surface area contributed by atoms with Gasteiger partial charge in [-0.1, -0.05) is 30.0 Å². The van der Waals surface area contributed by atoms with Gasteiger partial charge < -0.3 is 10.0 Å². The number of amides is 2. The van der Waals surface area contributed by atoms with Crippen LogP contribution in [0.25, 0.3) is 0 Å². The number of nitrogens with zero attached hydrogens (tertiary/aromatic N) is 4. The molecule has 0 bridgehead atoms. The van der Waals surface area contributed by atoms with E-state index in [1.165, 1.54) is 28.2 Å². The predicted octanol–water partition coefficient (Wildman–Crippen LogP) is 3.99. The molecule has 3 heterocycles. The fraction of sp³-hybridized carbons (Fsp3) is 0.429. The number of carbonyl (C=O) groups is 2. The lowest BCUT2D eigenvalue weighted by Crippen LogP contribution is -2.51. The van der Waals surface area contributed by atoms with Crippen LogP contribution in [-0.4, -0.2) is 60.8 Å². The minimum absolute atomic E-state index is 0.0384. The lowest BCUT2D eigenvalue weighted by atomic mass is 9.87. The number of hydrogen-bond donors (Lipinski definition) is 1. The van der Waals surface area contributed by atoms with Crippen LogP contribution in [0.4, 0.5) is 4.79 Å². The summed E-state index contributed by atoms with van der Waals surface area (Å²) in [6.45, 7) is 6.66. The molecule has 7 nitrogen and oxygen atoms in total. The Morgan fingerprint density at radius 2 is 1.97 bits per heavy atom. The van der Waals surface area contributed by atoms with Crippen molar-refractivity contribution in [2.24, 2.45) is 10.9 Å². The van der Waals surface area contributed by atoms with Crippen LogP contribution < -0.4 is 0 Å². The molecule has 0 aliphatic carbocycles. The monoisotopic (exact) mass is 444 g/mol. The molecule has 2 aromatic rings. The fourth-order valence-corrected chi connectivity index (χ4v) is 6.26. The topological polar surface area (TPSA) is 86.1 Å². The summed E-state index contributed by atoms with van der Waals surface area (Å²) >= 11 is 2.87. The van der Waals surface area contributed by atoms with Gasteiger partial charge in [0.2, 0.25) is 0 Å². The maximum Gasteiger partial charge on any atom is 0.407 e. The largest absolute Gasteiger partial charge is 0.465 e. The molecule has 1 aromatic carbocycles. The summed E-state index contributed by atoms with van der Waals surface area (Å²) in [6, 6.07) is 11.1. The molecule has 30 heavy (non-hydrogen) atoms. The van der Waals surface area contributed by atoms with Gasteiger partial charge in [0.15, 0.2) is 5.17 Å². The van der Waals surface area contributed by atoms with Gasteiger partial charge in [0.25, 0.3) is 5.91 Å². The molecule has 0 unspecified atom stereocenters. The van der Waals surface area contributed by atoms with Crippen LogP contribution in [0.2, 0.25) is 0 Å². The molecule has 158 valence electrons. The third-order valence-electron chi connectivity index (χ3n) is 5.48. The Morgan fingerprint density at radius 1 is 1.23 bits per heavy atom. The van der Waals surface area contributed by atoms with Crippen molar-refractivity contribution < 1.29 is 14.7 Å². The Labute approximate surface area is 184 Å². The van der Waals surface area contributed by atoms with Crippen LogP contribution in [0.5, 0.6) is 0 Å². The van der Waals surface area contributed by atoms with Gasteiger partial charge >= 0.3 is 6.09 Å². The van der Waals surface area contributed by atoms with E-state index in [0.717, 1.165) is 4.88 Å². The molecule has 0 saturated carbocycles. The number of aliphatic imine (C=N–C) groups is 1. The SMILES string of the molecule is CC(C)(C)N(C(=O)c1ccccc1)C1=N[C@@]2(c3ccns3)CN(C(=O)O)C[C@H]2CS1. The maximum absolute atomic E-state index is 13.5. The Morgan fingerprint density at radius 3 is 2.57 bits per heavy atom. The number of amidine groups is 1. The average Bonchev–Trinajstić information content (AvgIpc) is 3.36. The molecule has 1 fully saturated rings. The first kappa shape index (κ1) is 20.9. The normalized spacial score (nSPS) is 23.6. The van der Waals surface area contributed by atoms with Gasteiger partial charge in [-0.05, 0) is 50.5 Å². The molecule has 1 aromatic heterocycles. The molecule has 1 saturated heterocycles. The van der Waals surface area contributed by atoms with Crippen molar-refractivity contribution in [3.63, 3.8) is 0 Å². The third-order valence-corrected chi connectivity index (χ3v) is 7.49. The van der Waals surface area contributed by atoms with Crippen LogP contribution >= 0.6 is 23.3 Å². The first-order valence-electron chi connectivity index (χ1n) is 9.74. The number of aromatic nitrogens is 1. The van der Waals surface area contributed by atoms with Gasteiger partial charge in [-0.3, -0.25) is 9.69 Å². The van der Waals surface area contributed by atoms with Crippen molar-refractivity contribution in [1.29, 1.82) is 0 Å². The molecule has 2 aliphatic rings. The van der Waals surface area contributed by atoms with Crippen molar-refractivity contribution in [3.05, 3.63) is 53.0 Å². The number of benzene rings is 1. The molecular formula is C21H24N4O3S2. The second-order valence-electron chi connectivity index (χ2n) is 8.54. The zero-order chi connectivity index (χ0) is 21.5. The second kappa shape index (κ2) is 7.70. The number of fused-ring (bicyclic) bond motifs is 1. The van der Waals surface area contributed by atoms with E-state index in [-0.39, 0.29) is 18.4 Å². The Hall–Kier alpha value is -2.39. The van der Waals surface area contributed by atoms with Crippen LogP contribution in [0, 0.1) is 5.92 Å². The standard InChI is InChI=1S/C21H24N4O3S2/c1-20(2,3)25(17(26)14-7-5-4-6-8-14)18-23-21(16-9-10-22-30-16)13-24(19(27)28)11-15(21)12-29-18/h4-10,15H,11-13H2,1-3H3,(H,27,28)/t15-,21-/m0/s1. The number of hydrogen-bond acceptors (Lipinski definition) is 6. The highest BCUT2D eigenvalue weighted by atomic mass is 32.2. The molecule has 0 radical (unpaired) electrons. The van der Waals surface area contributed by atoms with E-state index in [9.17, 15) is 14.7 Å².